The average molecular weight is 792 g/mol. The van der Waals surface area contributed by atoms with Crippen LogP contribution < -0.4 is 5.32 Å². The van der Waals surface area contributed by atoms with Crippen molar-refractivity contribution >= 4 is 11.9 Å². The van der Waals surface area contributed by atoms with Crippen molar-refractivity contribution in [3.8, 4) is 0 Å². The maximum absolute atomic E-state index is 13.2. The maximum atomic E-state index is 13.2. The van der Waals surface area contributed by atoms with Crippen LogP contribution >= 0.6 is 0 Å². The number of aliphatic hydroxyl groups excluding tert-OH is 2. The summed E-state index contributed by atoms with van der Waals surface area (Å²) in [4.78, 5) is 26.0. The summed E-state index contributed by atoms with van der Waals surface area (Å²) in [7, 11) is 0. The van der Waals surface area contributed by atoms with Crippen LogP contribution in [0, 0.1) is 0 Å². The fourth-order valence-corrected chi connectivity index (χ4v) is 7.78. The predicted octanol–water partition coefficient (Wildman–Crippen LogP) is 14.6. The first-order valence-electron chi connectivity index (χ1n) is 24.9. The summed E-state index contributed by atoms with van der Waals surface area (Å²) in [6.07, 6.45) is 48.4. The van der Waals surface area contributed by atoms with Crippen molar-refractivity contribution in [2.24, 2.45) is 0 Å². The predicted molar refractivity (Wildman–Crippen MR) is 241 cm³/mol. The highest BCUT2D eigenvalue weighted by atomic mass is 16.5. The molecule has 3 unspecified atom stereocenters. The number of rotatable bonds is 45. The molecule has 0 heterocycles. The number of nitrogens with one attached hydrogen (secondary N) is 1. The Labute approximate surface area is 349 Å². The lowest BCUT2D eigenvalue weighted by atomic mass is 10.0. The number of carbonyl (C=O) groups is 2. The number of esters is 1. The Morgan fingerprint density at radius 3 is 1.30 bits per heavy atom. The Kier molecular flexibility index (Phi) is 43.6. The summed E-state index contributed by atoms with van der Waals surface area (Å²) in [6, 6.07) is -0.702. The second kappa shape index (κ2) is 44.7. The van der Waals surface area contributed by atoms with E-state index in [-0.39, 0.29) is 24.9 Å². The third-order valence-electron chi connectivity index (χ3n) is 11.6. The number of allylic oxidation sites excluding steroid dienone is 2. The van der Waals surface area contributed by atoms with Crippen LogP contribution in [0.3, 0.4) is 0 Å². The normalized spacial score (nSPS) is 13.3. The van der Waals surface area contributed by atoms with E-state index in [0.717, 1.165) is 51.4 Å². The zero-order valence-corrected chi connectivity index (χ0v) is 37.8. The maximum Gasteiger partial charge on any atom is 0.306 e. The zero-order chi connectivity index (χ0) is 41.0. The van der Waals surface area contributed by atoms with Gasteiger partial charge in [0.05, 0.1) is 25.2 Å². The SMILES string of the molecule is CCCCCCCCC/C=C\CCCC(CC(=O)NC(CO)C(O)CCCCCCCCCCCCCCC)OC(=O)CCCCCCCCCCCCCC. The fraction of sp³-hybridized carbons (Fsp3) is 0.920. The second-order valence-corrected chi connectivity index (χ2v) is 17.2. The van der Waals surface area contributed by atoms with Gasteiger partial charge < -0.3 is 20.3 Å². The van der Waals surface area contributed by atoms with E-state index < -0.39 is 18.2 Å². The van der Waals surface area contributed by atoms with Gasteiger partial charge >= 0.3 is 5.97 Å². The Morgan fingerprint density at radius 1 is 0.500 bits per heavy atom. The Bertz CT molecular complexity index is 847. The molecule has 6 nitrogen and oxygen atoms in total. The molecule has 0 fully saturated rings. The molecular formula is C50H97NO5. The van der Waals surface area contributed by atoms with E-state index in [1.54, 1.807) is 0 Å². The molecule has 0 bridgehead atoms. The molecule has 0 saturated carbocycles. The van der Waals surface area contributed by atoms with Crippen LogP contribution in [0.4, 0.5) is 0 Å². The molecule has 56 heavy (non-hydrogen) atoms. The van der Waals surface area contributed by atoms with E-state index in [9.17, 15) is 19.8 Å². The molecule has 0 rings (SSSR count). The molecule has 332 valence electrons. The minimum atomic E-state index is -0.787. The van der Waals surface area contributed by atoms with Crippen LogP contribution in [-0.4, -0.2) is 46.9 Å². The largest absolute Gasteiger partial charge is 0.462 e. The molecule has 0 aliphatic rings. The minimum absolute atomic E-state index is 0.0634. The topological polar surface area (TPSA) is 95.9 Å². The van der Waals surface area contributed by atoms with Gasteiger partial charge in [0.2, 0.25) is 5.91 Å². The van der Waals surface area contributed by atoms with Gasteiger partial charge in [0.1, 0.15) is 6.10 Å². The van der Waals surface area contributed by atoms with Crippen molar-refractivity contribution in [2.75, 3.05) is 6.61 Å². The molecule has 3 atom stereocenters. The molecule has 6 heteroatoms. The molecule has 0 aromatic rings. The lowest BCUT2D eigenvalue weighted by molar-refractivity contribution is -0.151. The minimum Gasteiger partial charge on any atom is -0.462 e. The smallest absolute Gasteiger partial charge is 0.306 e. The van der Waals surface area contributed by atoms with E-state index >= 15 is 0 Å². The second-order valence-electron chi connectivity index (χ2n) is 17.2. The number of ether oxygens (including phenoxy) is 1. The number of amides is 1. The first-order chi connectivity index (χ1) is 27.5. The summed E-state index contributed by atoms with van der Waals surface area (Å²) >= 11 is 0. The monoisotopic (exact) mass is 792 g/mol. The van der Waals surface area contributed by atoms with Crippen molar-refractivity contribution in [3.63, 3.8) is 0 Å². The molecule has 1 amide bonds. The molecule has 0 radical (unpaired) electrons. The highest BCUT2D eigenvalue weighted by molar-refractivity contribution is 5.77. The lowest BCUT2D eigenvalue weighted by Crippen LogP contribution is -2.46. The Morgan fingerprint density at radius 2 is 0.875 bits per heavy atom. The van der Waals surface area contributed by atoms with Gasteiger partial charge in [-0.15, -0.1) is 0 Å². The van der Waals surface area contributed by atoms with Crippen molar-refractivity contribution in [2.45, 2.75) is 289 Å². The quantitative estimate of drug-likeness (QED) is 0.0324. The van der Waals surface area contributed by atoms with Gasteiger partial charge in [-0.1, -0.05) is 226 Å². The van der Waals surface area contributed by atoms with E-state index in [1.165, 1.54) is 173 Å². The molecule has 0 aliphatic carbocycles. The van der Waals surface area contributed by atoms with Crippen LogP contribution in [0.15, 0.2) is 12.2 Å². The number of aliphatic hydroxyl groups is 2. The van der Waals surface area contributed by atoms with E-state index in [2.05, 4.69) is 38.2 Å². The van der Waals surface area contributed by atoms with Crippen LogP contribution in [-0.2, 0) is 14.3 Å². The van der Waals surface area contributed by atoms with Crippen LogP contribution in [0.25, 0.3) is 0 Å². The van der Waals surface area contributed by atoms with Gasteiger partial charge in [0.25, 0.3) is 0 Å². The summed E-state index contributed by atoms with van der Waals surface area (Å²) in [5.41, 5.74) is 0. The van der Waals surface area contributed by atoms with Crippen molar-refractivity contribution < 1.29 is 24.5 Å². The molecular weight excluding hydrogens is 695 g/mol. The highest BCUT2D eigenvalue weighted by Gasteiger charge is 2.24. The number of hydrogen-bond donors (Lipinski definition) is 3. The van der Waals surface area contributed by atoms with Gasteiger partial charge in [-0.05, 0) is 44.9 Å². The van der Waals surface area contributed by atoms with Crippen molar-refractivity contribution in [1.82, 2.24) is 5.32 Å². The molecule has 3 N–H and O–H groups in total. The average Bonchev–Trinajstić information content (AvgIpc) is 3.19. The molecule has 0 saturated heterocycles. The standard InChI is InChI=1S/C50H97NO5/c1-4-7-10-13-16-19-22-25-27-30-33-36-39-42-48(53)47(45-52)51-49(54)44-46(41-38-35-32-29-26-23-20-17-14-11-8-5-2)56-50(55)43-40-37-34-31-28-24-21-18-15-12-9-6-3/h29,32,46-48,52-53H,4-28,30-31,33-45H2,1-3H3,(H,51,54)/b32-29-. The third-order valence-corrected chi connectivity index (χ3v) is 11.6. The Balaban J connectivity index is 4.56. The summed E-state index contributed by atoms with van der Waals surface area (Å²) in [6.45, 7) is 6.48. The van der Waals surface area contributed by atoms with E-state index in [1.807, 2.05) is 0 Å². The van der Waals surface area contributed by atoms with Crippen LogP contribution in [0.1, 0.15) is 271 Å². The van der Waals surface area contributed by atoms with Crippen molar-refractivity contribution in [3.05, 3.63) is 12.2 Å². The fourth-order valence-electron chi connectivity index (χ4n) is 7.78. The summed E-state index contributed by atoms with van der Waals surface area (Å²) in [5.74, 6) is -0.489. The lowest BCUT2D eigenvalue weighted by Gasteiger charge is -2.24. The van der Waals surface area contributed by atoms with Crippen LogP contribution in [0.2, 0.25) is 0 Å². The Hall–Kier alpha value is -1.40. The van der Waals surface area contributed by atoms with Gasteiger partial charge in [-0.2, -0.15) is 0 Å². The summed E-state index contributed by atoms with van der Waals surface area (Å²) < 4.78 is 5.90. The molecule has 0 aliphatic heterocycles. The van der Waals surface area contributed by atoms with Crippen molar-refractivity contribution in [1.29, 1.82) is 0 Å². The highest BCUT2D eigenvalue weighted by Crippen LogP contribution is 2.17. The number of hydrogen-bond acceptors (Lipinski definition) is 5. The van der Waals surface area contributed by atoms with Gasteiger partial charge in [-0.25, -0.2) is 0 Å². The molecule has 0 aromatic heterocycles. The van der Waals surface area contributed by atoms with Gasteiger partial charge in [-0.3, -0.25) is 9.59 Å². The molecule has 0 spiro atoms. The van der Waals surface area contributed by atoms with Crippen LogP contribution in [0.5, 0.6) is 0 Å². The van der Waals surface area contributed by atoms with E-state index in [0.29, 0.717) is 19.3 Å². The van der Waals surface area contributed by atoms with Gasteiger partial charge in [0, 0.05) is 6.42 Å². The van der Waals surface area contributed by atoms with E-state index in [4.69, 9.17) is 4.74 Å². The number of unbranched alkanes of at least 4 members (excludes halogenated alkanes) is 31. The first kappa shape index (κ1) is 54.6. The first-order valence-corrected chi connectivity index (χ1v) is 24.9. The third kappa shape index (κ3) is 39.4. The summed E-state index contributed by atoms with van der Waals surface area (Å²) in [5, 5.41) is 23.7. The zero-order valence-electron chi connectivity index (χ0n) is 37.8. The molecule has 0 aromatic carbocycles. The number of carbonyl (C=O) groups excluding carboxylic acids is 2. The van der Waals surface area contributed by atoms with Gasteiger partial charge in [0.15, 0.2) is 0 Å².